The first-order valence-electron chi connectivity index (χ1n) is 6.33. The molecule has 4 nitrogen and oxygen atoms in total. The zero-order valence-corrected chi connectivity index (χ0v) is 11.8. The van der Waals surface area contributed by atoms with Gasteiger partial charge in [-0.3, -0.25) is 0 Å². The fourth-order valence-corrected chi connectivity index (χ4v) is 2.79. The van der Waals surface area contributed by atoms with E-state index < -0.39 is 5.54 Å². The Hall–Kier alpha value is -1.38. The summed E-state index contributed by atoms with van der Waals surface area (Å²) in [7, 11) is 0. The lowest BCUT2D eigenvalue weighted by Gasteiger charge is -2.14. The first-order valence-corrected chi connectivity index (χ1v) is 7.32. The molecule has 2 N–H and O–H groups in total. The Morgan fingerprint density at radius 3 is 2.84 bits per heavy atom. The van der Waals surface area contributed by atoms with Crippen LogP contribution >= 0.6 is 11.8 Å². The van der Waals surface area contributed by atoms with E-state index in [2.05, 4.69) is 6.07 Å². The molecule has 0 saturated carbocycles. The Bertz CT molecular complexity index is 483. The minimum absolute atomic E-state index is 0.655. The molecule has 0 spiro atoms. The molecular formula is C14H18N2O2S. The molecule has 102 valence electrons. The SMILES string of the molecule is CC(N)(C#N)CCSc1ccc2c(c1)OCCCO2. The predicted octanol–water partition coefficient (Wildman–Crippen LogP) is 2.57. The average molecular weight is 278 g/mol. The van der Waals surface area contributed by atoms with Crippen LogP contribution in [0.25, 0.3) is 0 Å². The van der Waals surface area contributed by atoms with Gasteiger partial charge in [-0.25, -0.2) is 0 Å². The minimum Gasteiger partial charge on any atom is -0.490 e. The van der Waals surface area contributed by atoms with Crippen molar-refractivity contribution >= 4 is 11.8 Å². The molecule has 1 aliphatic heterocycles. The van der Waals surface area contributed by atoms with Gasteiger partial charge in [0, 0.05) is 17.1 Å². The zero-order chi connectivity index (χ0) is 13.7. The third kappa shape index (κ3) is 4.05. The van der Waals surface area contributed by atoms with E-state index in [0.29, 0.717) is 19.6 Å². The number of benzene rings is 1. The summed E-state index contributed by atoms with van der Waals surface area (Å²) in [5.41, 5.74) is 5.04. The molecule has 0 fully saturated rings. The lowest BCUT2D eigenvalue weighted by molar-refractivity contribution is 0.297. The lowest BCUT2D eigenvalue weighted by atomic mass is 10.0. The van der Waals surface area contributed by atoms with Gasteiger partial charge in [0.05, 0.1) is 19.3 Å². The largest absolute Gasteiger partial charge is 0.490 e. The summed E-state index contributed by atoms with van der Waals surface area (Å²) in [6, 6.07) is 8.05. The van der Waals surface area contributed by atoms with E-state index in [1.54, 1.807) is 18.7 Å². The molecular weight excluding hydrogens is 260 g/mol. The van der Waals surface area contributed by atoms with Gasteiger partial charge in [-0.05, 0) is 31.5 Å². The maximum atomic E-state index is 8.86. The molecule has 0 aromatic heterocycles. The van der Waals surface area contributed by atoms with Crippen LogP contribution in [0.1, 0.15) is 19.8 Å². The van der Waals surface area contributed by atoms with E-state index in [9.17, 15) is 0 Å². The summed E-state index contributed by atoms with van der Waals surface area (Å²) in [5.74, 6) is 2.42. The molecule has 1 unspecified atom stereocenters. The van der Waals surface area contributed by atoms with E-state index in [0.717, 1.165) is 28.6 Å². The number of fused-ring (bicyclic) bond motifs is 1. The monoisotopic (exact) mass is 278 g/mol. The lowest BCUT2D eigenvalue weighted by Crippen LogP contribution is -2.34. The van der Waals surface area contributed by atoms with E-state index >= 15 is 0 Å². The first kappa shape index (κ1) is 14.0. The minimum atomic E-state index is -0.752. The third-order valence-electron chi connectivity index (χ3n) is 2.86. The molecule has 1 aliphatic rings. The van der Waals surface area contributed by atoms with Crippen LogP contribution in [0.2, 0.25) is 0 Å². The van der Waals surface area contributed by atoms with Crippen LogP contribution in [0.15, 0.2) is 23.1 Å². The van der Waals surface area contributed by atoms with Crippen LogP contribution in [-0.4, -0.2) is 24.5 Å². The Morgan fingerprint density at radius 2 is 2.11 bits per heavy atom. The van der Waals surface area contributed by atoms with Crippen molar-refractivity contribution in [3.8, 4) is 17.6 Å². The maximum absolute atomic E-state index is 8.86. The van der Waals surface area contributed by atoms with Gasteiger partial charge < -0.3 is 15.2 Å². The second-order valence-corrected chi connectivity index (χ2v) is 5.96. The molecule has 0 saturated heterocycles. The van der Waals surface area contributed by atoms with Gasteiger partial charge in [0.2, 0.25) is 0 Å². The molecule has 0 radical (unpaired) electrons. The smallest absolute Gasteiger partial charge is 0.162 e. The number of ether oxygens (including phenoxy) is 2. The van der Waals surface area contributed by atoms with Crippen LogP contribution < -0.4 is 15.2 Å². The summed E-state index contributed by atoms with van der Waals surface area (Å²) in [6.45, 7) is 3.14. The first-order chi connectivity index (χ1) is 9.11. The number of nitriles is 1. The molecule has 1 heterocycles. The van der Waals surface area contributed by atoms with Crippen molar-refractivity contribution in [2.24, 2.45) is 5.73 Å². The number of thioether (sulfide) groups is 1. The second kappa shape index (κ2) is 6.18. The average Bonchev–Trinajstić information content (AvgIpc) is 2.63. The van der Waals surface area contributed by atoms with Crippen molar-refractivity contribution in [2.45, 2.75) is 30.2 Å². The van der Waals surface area contributed by atoms with Gasteiger partial charge in [-0.15, -0.1) is 11.8 Å². The van der Waals surface area contributed by atoms with E-state index in [1.807, 2.05) is 18.2 Å². The van der Waals surface area contributed by atoms with Crippen molar-refractivity contribution < 1.29 is 9.47 Å². The summed E-state index contributed by atoms with van der Waals surface area (Å²) < 4.78 is 11.2. The number of nitrogens with zero attached hydrogens (tertiary/aromatic N) is 1. The van der Waals surface area contributed by atoms with Gasteiger partial charge in [0.1, 0.15) is 5.54 Å². The van der Waals surface area contributed by atoms with Gasteiger partial charge in [0.15, 0.2) is 11.5 Å². The summed E-state index contributed by atoms with van der Waals surface area (Å²) in [6.07, 6.45) is 1.56. The molecule has 19 heavy (non-hydrogen) atoms. The molecule has 0 bridgehead atoms. The van der Waals surface area contributed by atoms with Crippen LogP contribution in [0.3, 0.4) is 0 Å². The van der Waals surface area contributed by atoms with Crippen molar-refractivity contribution in [1.29, 1.82) is 5.26 Å². The Morgan fingerprint density at radius 1 is 1.37 bits per heavy atom. The van der Waals surface area contributed by atoms with Crippen molar-refractivity contribution in [3.05, 3.63) is 18.2 Å². The zero-order valence-electron chi connectivity index (χ0n) is 11.0. The van der Waals surface area contributed by atoms with Crippen molar-refractivity contribution in [3.63, 3.8) is 0 Å². The highest BCUT2D eigenvalue weighted by Gasteiger charge is 2.17. The summed E-state index contributed by atoms with van der Waals surface area (Å²) in [5, 5.41) is 8.86. The molecule has 5 heteroatoms. The Balaban J connectivity index is 1.95. The van der Waals surface area contributed by atoms with E-state index in [-0.39, 0.29) is 0 Å². The molecule has 1 aromatic rings. The Kier molecular flexibility index (Phi) is 4.56. The Labute approximate surface area is 117 Å². The molecule has 1 aromatic carbocycles. The standard InChI is InChI=1S/C14H18N2O2S/c1-14(16,10-15)5-8-19-11-3-4-12-13(9-11)18-7-2-6-17-12/h3-4,9H,2,5-8,16H2,1H3. The fourth-order valence-electron chi connectivity index (χ4n) is 1.67. The summed E-state index contributed by atoms with van der Waals surface area (Å²) in [4.78, 5) is 1.11. The van der Waals surface area contributed by atoms with Gasteiger partial charge in [-0.1, -0.05) is 0 Å². The van der Waals surface area contributed by atoms with Crippen LogP contribution in [-0.2, 0) is 0 Å². The third-order valence-corrected chi connectivity index (χ3v) is 3.86. The van der Waals surface area contributed by atoms with Gasteiger partial charge in [0.25, 0.3) is 0 Å². The van der Waals surface area contributed by atoms with Crippen molar-refractivity contribution in [2.75, 3.05) is 19.0 Å². The predicted molar refractivity (Wildman–Crippen MR) is 75.6 cm³/mol. The highest BCUT2D eigenvalue weighted by atomic mass is 32.2. The van der Waals surface area contributed by atoms with E-state index in [1.165, 1.54) is 0 Å². The highest BCUT2D eigenvalue weighted by Crippen LogP contribution is 2.34. The van der Waals surface area contributed by atoms with Gasteiger partial charge >= 0.3 is 0 Å². The molecule has 1 atom stereocenters. The second-order valence-electron chi connectivity index (χ2n) is 4.79. The fraction of sp³-hybridized carbons (Fsp3) is 0.500. The van der Waals surface area contributed by atoms with Crippen LogP contribution in [0, 0.1) is 11.3 Å². The quantitative estimate of drug-likeness (QED) is 0.857. The van der Waals surface area contributed by atoms with Crippen molar-refractivity contribution in [1.82, 2.24) is 0 Å². The molecule has 0 aliphatic carbocycles. The molecule has 2 rings (SSSR count). The van der Waals surface area contributed by atoms with Crippen LogP contribution in [0.5, 0.6) is 11.5 Å². The molecule has 0 amide bonds. The number of nitrogens with two attached hydrogens (primary N) is 1. The van der Waals surface area contributed by atoms with E-state index in [4.69, 9.17) is 20.5 Å². The topological polar surface area (TPSA) is 68.3 Å². The highest BCUT2D eigenvalue weighted by molar-refractivity contribution is 7.99. The number of hydrogen-bond acceptors (Lipinski definition) is 5. The van der Waals surface area contributed by atoms with Crippen LogP contribution in [0.4, 0.5) is 0 Å². The number of hydrogen-bond donors (Lipinski definition) is 1. The van der Waals surface area contributed by atoms with Gasteiger partial charge in [-0.2, -0.15) is 5.26 Å². The normalized spacial score (nSPS) is 17.1. The number of rotatable bonds is 4. The summed E-state index contributed by atoms with van der Waals surface area (Å²) >= 11 is 1.68. The maximum Gasteiger partial charge on any atom is 0.162 e.